The molecule has 29 heavy (non-hydrogen) atoms. The van der Waals surface area contributed by atoms with Gasteiger partial charge in [0.25, 0.3) is 11.8 Å². The number of carbonyl (C=O) groups excluding carboxylic acids is 1. The summed E-state index contributed by atoms with van der Waals surface area (Å²) in [5.41, 5.74) is 1.03. The van der Waals surface area contributed by atoms with Gasteiger partial charge in [-0.3, -0.25) is 4.79 Å². The Hall–Kier alpha value is -2.52. The van der Waals surface area contributed by atoms with Gasteiger partial charge in [0.2, 0.25) is 0 Å². The monoisotopic (exact) mass is 418 g/mol. The van der Waals surface area contributed by atoms with Crippen LogP contribution in [0.3, 0.4) is 0 Å². The Labute approximate surface area is 169 Å². The zero-order valence-electron chi connectivity index (χ0n) is 15.5. The molecular weight excluding hydrogens is 398 g/mol. The van der Waals surface area contributed by atoms with Gasteiger partial charge in [0.15, 0.2) is 5.13 Å². The number of fused-ring (bicyclic) bond motifs is 2. The first-order valence-electron chi connectivity index (χ1n) is 9.50. The summed E-state index contributed by atoms with van der Waals surface area (Å²) in [5, 5.41) is 14.7. The van der Waals surface area contributed by atoms with E-state index < -0.39 is 24.4 Å². The molecule has 1 fully saturated rings. The highest BCUT2D eigenvalue weighted by Gasteiger charge is 2.55. The summed E-state index contributed by atoms with van der Waals surface area (Å²) in [7, 11) is 0. The second kappa shape index (κ2) is 6.50. The quantitative estimate of drug-likeness (QED) is 0.607. The number of para-hydroxylation sites is 1. The van der Waals surface area contributed by atoms with Gasteiger partial charge in [-0.05, 0) is 12.1 Å². The number of benzene rings is 1. The third-order valence-corrected chi connectivity index (χ3v) is 6.56. The number of hydrogen-bond donors (Lipinski definition) is 3. The number of halogens is 2. The molecule has 2 aliphatic rings. The minimum absolute atomic E-state index is 0.0483. The number of hydrogen-bond acceptors (Lipinski definition) is 5. The molecule has 1 aliphatic carbocycles. The number of anilines is 1. The molecule has 6 nitrogen and oxygen atoms in total. The van der Waals surface area contributed by atoms with E-state index in [0.717, 1.165) is 21.5 Å². The van der Waals surface area contributed by atoms with E-state index in [2.05, 4.69) is 15.3 Å². The molecule has 2 aromatic heterocycles. The average Bonchev–Trinajstić information content (AvgIpc) is 3.27. The number of alkyl halides is 2. The van der Waals surface area contributed by atoms with E-state index in [9.17, 15) is 18.7 Å². The molecule has 1 amide bonds. The molecule has 0 radical (unpaired) electrons. The van der Waals surface area contributed by atoms with Crippen LogP contribution in [0, 0.1) is 0 Å². The van der Waals surface area contributed by atoms with Crippen molar-refractivity contribution >= 4 is 33.3 Å². The third-order valence-electron chi connectivity index (χ3n) is 5.52. The SMILES string of the molecule is O=C(c1cc2ccccc2[nH]1)N1CCc2nc(NCC3(O)CC(F)(F)C3)sc2C1. The molecule has 3 heterocycles. The van der Waals surface area contributed by atoms with Gasteiger partial charge in [0, 0.05) is 48.1 Å². The summed E-state index contributed by atoms with van der Waals surface area (Å²) >= 11 is 1.41. The van der Waals surface area contributed by atoms with Gasteiger partial charge in [-0.25, -0.2) is 13.8 Å². The number of nitrogens with zero attached hydrogens (tertiary/aromatic N) is 2. The van der Waals surface area contributed by atoms with Crippen molar-refractivity contribution in [3.05, 3.63) is 46.6 Å². The van der Waals surface area contributed by atoms with Crippen LogP contribution in [-0.2, 0) is 13.0 Å². The van der Waals surface area contributed by atoms with Gasteiger partial charge in [-0.15, -0.1) is 0 Å². The van der Waals surface area contributed by atoms with E-state index in [1.165, 1.54) is 11.3 Å². The Kier molecular flexibility index (Phi) is 4.15. The second-order valence-electron chi connectivity index (χ2n) is 7.92. The summed E-state index contributed by atoms with van der Waals surface area (Å²) < 4.78 is 26.1. The zero-order chi connectivity index (χ0) is 20.2. The first kappa shape index (κ1) is 18.5. The Balaban J connectivity index is 1.25. The molecule has 0 saturated heterocycles. The smallest absolute Gasteiger partial charge is 0.270 e. The first-order valence-corrected chi connectivity index (χ1v) is 10.3. The van der Waals surface area contributed by atoms with Crippen LogP contribution in [0.1, 0.15) is 33.9 Å². The normalized spacial score (nSPS) is 19.6. The number of amides is 1. The summed E-state index contributed by atoms with van der Waals surface area (Å²) in [4.78, 5) is 23.4. The Morgan fingerprint density at radius 2 is 2.14 bits per heavy atom. The van der Waals surface area contributed by atoms with Crippen molar-refractivity contribution in [2.24, 2.45) is 0 Å². The van der Waals surface area contributed by atoms with Gasteiger partial charge in [0.1, 0.15) is 5.69 Å². The molecule has 3 aromatic rings. The lowest BCUT2D eigenvalue weighted by Crippen LogP contribution is -2.55. The number of H-pyrrole nitrogens is 1. The van der Waals surface area contributed by atoms with E-state index >= 15 is 0 Å². The van der Waals surface area contributed by atoms with E-state index in [0.29, 0.717) is 30.3 Å². The van der Waals surface area contributed by atoms with Crippen molar-refractivity contribution in [1.29, 1.82) is 0 Å². The molecule has 1 saturated carbocycles. The molecular formula is C20H20F2N4O2S. The average molecular weight is 418 g/mol. The Morgan fingerprint density at radius 1 is 1.34 bits per heavy atom. The maximum Gasteiger partial charge on any atom is 0.270 e. The largest absolute Gasteiger partial charge is 0.388 e. The first-order chi connectivity index (χ1) is 13.8. The molecule has 0 atom stereocenters. The molecule has 1 aromatic carbocycles. The third kappa shape index (κ3) is 3.49. The van der Waals surface area contributed by atoms with Crippen LogP contribution in [-0.4, -0.2) is 50.5 Å². The lowest BCUT2D eigenvalue weighted by atomic mass is 9.76. The summed E-state index contributed by atoms with van der Waals surface area (Å²) in [6, 6.07) is 9.62. The van der Waals surface area contributed by atoms with Crippen molar-refractivity contribution in [3.63, 3.8) is 0 Å². The molecule has 1 aliphatic heterocycles. The molecule has 9 heteroatoms. The predicted octanol–water partition coefficient (Wildman–Crippen LogP) is 3.40. The highest BCUT2D eigenvalue weighted by atomic mass is 32.1. The molecule has 0 spiro atoms. The van der Waals surface area contributed by atoms with Crippen molar-refractivity contribution in [2.45, 2.75) is 37.3 Å². The molecule has 5 rings (SSSR count). The minimum atomic E-state index is -2.78. The summed E-state index contributed by atoms with van der Waals surface area (Å²) in [6.45, 7) is 1.08. The van der Waals surface area contributed by atoms with Crippen LogP contribution in [0.15, 0.2) is 30.3 Å². The van der Waals surface area contributed by atoms with Crippen molar-refractivity contribution in [3.8, 4) is 0 Å². The van der Waals surface area contributed by atoms with Crippen molar-refractivity contribution in [2.75, 3.05) is 18.4 Å². The fourth-order valence-electron chi connectivity index (χ4n) is 4.08. The van der Waals surface area contributed by atoms with Crippen molar-refractivity contribution in [1.82, 2.24) is 14.9 Å². The van der Waals surface area contributed by atoms with Crippen LogP contribution in [0.2, 0.25) is 0 Å². The molecule has 0 bridgehead atoms. The summed E-state index contributed by atoms with van der Waals surface area (Å²) in [6.07, 6.45) is -0.405. The Morgan fingerprint density at radius 3 is 2.90 bits per heavy atom. The highest BCUT2D eigenvalue weighted by molar-refractivity contribution is 7.15. The van der Waals surface area contributed by atoms with Crippen molar-refractivity contribution < 1.29 is 18.7 Å². The number of nitrogens with one attached hydrogen (secondary N) is 2. The van der Waals surface area contributed by atoms with E-state index in [-0.39, 0.29) is 12.5 Å². The predicted molar refractivity (Wildman–Crippen MR) is 106 cm³/mol. The standard InChI is InChI=1S/C20H20F2N4O2S/c21-20(22)9-19(28,10-20)11-23-18-25-14-5-6-26(8-16(14)29-18)17(27)15-7-12-3-1-2-4-13(12)24-15/h1-4,7,24,28H,5-6,8-11H2,(H,23,25). The Bertz CT molecular complexity index is 1050. The lowest BCUT2D eigenvalue weighted by molar-refractivity contribution is -0.197. The van der Waals surface area contributed by atoms with E-state index in [1.807, 2.05) is 30.3 Å². The fourth-order valence-corrected chi connectivity index (χ4v) is 5.10. The highest BCUT2D eigenvalue weighted by Crippen LogP contribution is 2.45. The molecule has 0 unspecified atom stereocenters. The van der Waals surface area contributed by atoms with Gasteiger partial charge in [-0.1, -0.05) is 29.5 Å². The number of aromatic nitrogens is 2. The van der Waals surface area contributed by atoms with Gasteiger partial charge in [0.05, 0.1) is 17.8 Å². The lowest BCUT2D eigenvalue weighted by Gasteiger charge is -2.43. The van der Waals surface area contributed by atoms with Crippen LogP contribution in [0.5, 0.6) is 0 Å². The number of aliphatic hydroxyl groups is 1. The summed E-state index contributed by atoms with van der Waals surface area (Å²) in [5.74, 6) is -2.83. The number of aromatic amines is 1. The molecule has 3 N–H and O–H groups in total. The van der Waals surface area contributed by atoms with Crippen LogP contribution < -0.4 is 5.32 Å². The van der Waals surface area contributed by atoms with Crippen LogP contribution in [0.25, 0.3) is 10.9 Å². The second-order valence-corrected chi connectivity index (χ2v) is 9.01. The number of carbonyl (C=O) groups is 1. The topological polar surface area (TPSA) is 81.2 Å². The maximum absolute atomic E-state index is 13.0. The number of rotatable bonds is 4. The fraction of sp³-hybridized carbons (Fsp3) is 0.400. The zero-order valence-corrected chi connectivity index (χ0v) is 16.4. The number of thiazole rings is 1. The van der Waals surface area contributed by atoms with E-state index in [1.54, 1.807) is 4.90 Å². The van der Waals surface area contributed by atoms with Crippen LogP contribution >= 0.6 is 11.3 Å². The maximum atomic E-state index is 13.0. The van der Waals surface area contributed by atoms with Gasteiger partial charge in [-0.2, -0.15) is 0 Å². The molecule has 152 valence electrons. The van der Waals surface area contributed by atoms with Gasteiger partial charge >= 0.3 is 0 Å². The van der Waals surface area contributed by atoms with E-state index in [4.69, 9.17) is 0 Å². The van der Waals surface area contributed by atoms with Gasteiger partial charge < -0.3 is 20.3 Å². The van der Waals surface area contributed by atoms with Crippen LogP contribution in [0.4, 0.5) is 13.9 Å². The minimum Gasteiger partial charge on any atom is -0.388 e.